The Balaban J connectivity index is 2.26. The second-order valence-corrected chi connectivity index (χ2v) is 3.65. The van der Waals surface area contributed by atoms with Gasteiger partial charge in [-0.2, -0.15) is 0 Å². The van der Waals surface area contributed by atoms with Gasteiger partial charge in [0, 0.05) is 6.92 Å². The molecule has 0 unspecified atom stereocenters. The van der Waals surface area contributed by atoms with Gasteiger partial charge >= 0.3 is 5.97 Å². The largest absolute Gasteiger partial charge is 0.407 e. The minimum atomic E-state index is -0.378. The number of rotatable bonds is 2. The fraction of sp³-hybridized carbons (Fsp3) is 0.231. The lowest BCUT2D eigenvalue weighted by molar-refractivity contribution is -0.130. The van der Waals surface area contributed by atoms with Gasteiger partial charge in [-0.15, -0.1) is 0 Å². The van der Waals surface area contributed by atoms with E-state index in [9.17, 15) is 4.79 Å². The third kappa shape index (κ3) is 2.19. The molecule has 1 aliphatic heterocycles. The van der Waals surface area contributed by atoms with Crippen LogP contribution in [0.25, 0.3) is 6.08 Å². The Morgan fingerprint density at radius 2 is 2.00 bits per heavy atom. The van der Waals surface area contributed by atoms with Crippen LogP contribution in [-0.2, 0) is 16.0 Å². The fourth-order valence-corrected chi connectivity index (χ4v) is 1.52. The molecule has 0 saturated carbocycles. The molecule has 3 nitrogen and oxygen atoms in total. The van der Waals surface area contributed by atoms with Crippen LogP contribution in [0, 0.1) is 0 Å². The SMILES string of the molecule is CCc1ccc(/C=C2/N=C(C)OC2=O)cc1. The molecule has 1 aliphatic rings. The smallest absolute Gasteiger partial charge is 0.363 e. The first-order chi connectivity index (χ1) is 7.69. The summed E-state index contributed by atoms with van der Waals surface area (Å²) in [6.45, 7) is 3.77. The van der Waals surface area contributed by atoms with E-state index in [1.54, 1.807) is 13.0 Å². The number of hydrogen-bond acceptors (Lipinski definition) is 3. The topological polar surface area (TPSA) is 38.7 Å². The van der Waals surface area contributed by atoms with Crippen LogP contribution in [0.15, 0.2) is 35.0 Å². The first-order valence-corrected chi connectivity index (χ1v) is 5.27. The van der Waals surface area contributed by atoms with E-state index < -0.39 is 0 Å². The van der Waals surface area contributed by atoms with Gasteiger partial charge in [-0.25, -0.2) is 9.79 Å². The highest BCUT2D eigenvalue weighted by molar-refractivity contribution is 6.06. The molecule has 0 aromatic heterocycles. The van der Waals surface area contributed by atoms with Crippen LogP contribution < -0.4 is 0 Å². The Morgan fingerprint density at radius 1 is 1.31 bits per heavy atom. The van der Waals surface area contributed by atoms with Crippen LogP contribution >= 0.6 is 0 Å². The molecule has 0 N–H and O–H groups in total. The highest BCUT2D eigenvalue weighted by Crippen LogP contribution is 2.15. The van der Waals surface area contributed by atoms with Crippen molar-refractivity contribution in [1.82, 2.24) is 0 Å². The van der Waals surface area contributed by atoms with Crippen LogP contribution in [-0.4, -0.2) is 11.9 Å². The predicted octanol–water partition coefficient (Wildman–Crippen LogP) is 2.57. The Kier molecular flexibility index (Phi) is 2.86. The quantitative estimate of drug-likeness (QED) is 0.561. The zero-order chi connectivity index (χ0) is 11.5. The molecular weight excluding hydrogens is 202 g/mol. The van der Waals surface area contributed by atoms with E-state index in [4.69, 9.17) is 4.74 Å². The van der Waals surface area contributed by atoms with Crippen LogP contribution in [0.4, 0.5) is 0 Å². The average Bonchev–Trinajstić information content (AvgIpc) is 2.59. The number of nitrogens with zero attached hydrogens (tertiary/aromatic N) is 1. The molecule has 1 heterocycles. The molecule has 0 saturated heterocycles. The summed E-state index contributed by atoms with van der Waals surface area (Å²) in [6.07, 6.45) is 2.74. The lowest BCUT2D eigenvalue weighted by Crippen LogP contribution is -1.99. The van der Waals surface area contributed by atoms with E-state index in [1.165, 1.54) is 5.56 Å². The minimum absolute atomic E-state index is 0.363. The van der Waals surface area contributed by atoms with Gasteiger partial charge in [-0.3, -0.25) is 0 Å². The summed E-state index contributed by atoms with van der Waals surface area (Å²) in [5.41, 5.74) is 2.60. The predicted molar refractivity (Wildman–Crippen MR) is 63.0 cm³/mol. The van der Waals surface area contributed by atoms with Crippen LogP contribution in [0.2, 0.25) is 0 Å². The van der Waals surface area contributed by atoms with Gasteiger partial charge in [0.25, 0.3) is 0 Å². The molecular formula is C13H13NO2. The molecule has 0 atom stereocenters. The molecule has 0 aliphatic carbocycles. The van der Waals surface area contributed by atoms with Gasteiger partial charge in [-0.05, 0) is 23.6 Å². The van der Waals surface area contributed by atoms with Crippen molar-refractivity contribution in [3.8, 4) is 0 Å². The summed E-state index contributed by atoms with van der Waals surface area (Å²) >= 11 is 0. The molecule has 0 amide bonds. The Bertz CT molecular complexity index is 469. The summed E-state index contributed by atoms with van der Waals surface area (Å²) in [6, 6.07) is 8.04. The maximum Gasteiger partial charge on any atom is 0.363 e. The normalized spacial score (nSPS) is 17.5. The summed E-state index contributed by atoms with van der Waals surface area (Å²) in [5.74, 6) is 0.0264. The summed E-state index contributed by atoms with van der Waals surface area (Å²) < 4.78 is 4.83. The van der Waals surface area contributed by atoms with Crippen molar-refractivity contribution < 1.29 is 9.53 Å². The van der Waals surface area contributed by atoms with Gasteiger partial charge in [0.05, 0.1) is 0 Å². The molecule has 0 bridgehead atoms. The highest BCUT2D eigenvalue weighted by Gasteiger charge is 2.19. The molecule has 0 fully saturated rings. The second-order valence-electron chi connectivity index (χ2n) is 3.65. The Hall–Kier alpha value is -1.90. The number of esters is 1. The zero-order valence-electron chi connectivity index (χ0n) is 9.36. The van der Waals surface area contributed by atoms with Crippen molar-refractivity contribution in [2.24, 2.45) is 4.99 Å². The maximum absolute atomic E-state index is 11.3. The molecule has 16 heavy (non-hydrogen) atoms. The van der Waals surface area contributed by atoms with Crippen molar-refractivity contribution >= 4 is 17.9 Å². The monoisotopic (exact) mass is 215 g/mol. The maximum atomic E-state index is 11.3. The lowest BCUT2D eigenvalue weighted by Gasteiger charge is -1.97. The van der Waals surface area contributed by atoms with Crippen molar-refractivity contribution in [2.75, 3.05) is 0 Å². The van der Waals surface area contributed by atoms with E-state index in [2.05, 4.69) is 11.9 Å². The molecule has 1 aromatic carbocycles. The number of aryl methyl sites for hydroxylation is 1. The summed E-state index contributed by atoms with van der Waals surface area (Å²) in [7, 11) is 0. The number of cyclic esters (lactones) is 1. The standard InChI is InChI=1S/C13H13NO2/c1-3-10-4-6-11(7-5-10)8-12-13(15)16-9(2)14-12/h4-8H,3H2,1-2H3/b12-8+. The number of benzene rings is 1. The molecule has 1 aromatic rings. The Labute approximate surface area is 94.5 Å². The van der Waals surface area contributed by atoms with Crippen LogP contribution in [0.5, 0.6) is 0 Å². The van der Waals surface area contributed by atoms with Gasteiger partial charge in [0.1, 0.15) is 0 Å². The molecule has 0 radical (unpaired) electrons. The molecule has 82 valence electrons. The molecule has 0 spiro atoms. The van der Waals surface area contributed by atoms with E-state index >= 15 is 0 Å². The summed E-state index contributed by atoms with van der Waals surface area (Å²) in [4.78, 5) is 15.3. The second kappa shape index (κ2) is 4.31. The van der Waals surface area contributed by atoms with E-state index in [0.29, 0.717) is 11.6 Å². The highest BCUT2D eigenvalue weighted by atomic mass is 16.6. The number of aliphatic imine (C=N–C) groups is 1. The Morgan fingerprint density at radius 3 is 2.50 bits per heavy atom. The van der Waals surface area contributed by atoms with Gasteiger partial charge in [-0.1, -0.05) is 31.2 Å². The third-order valence-electron chi connectivity index (χ3n) is 2.42. The fourth-order valence-electron chi connectivity index (χ4n) is 1.52. The van der Waals surface area contributed by atoms with Crippen molar-refractivity contribution in [3.05, 3.63) is 41.1 Å². The minimum Gasteiger partial charge on any atom is -0.407 e. The zero-order valence-corrected chi connectivity index (χ0v) is 9.36. The number of ether oxygens (including phenoxy) is 1. The van der Waals surface area contributed by atoms with E-state index in [1.807, 2.05) is 24.3 Å². The van der Waals surface area contributed by atoms with Gasteiger partial charge in [0.2, 0.25) is 0 Å². The first-order valence-electron chi connectivity index (χ1n) is 5.27. The number of carbonyl (C=O) groups excluding carboxylic acids is 1. The van der Waals surface area contributed by atoms with Crippen LogP contribution in [0.3, 0.4) is 0 Å². The van der Waals surface area contributed by atoms with Crippen molar-refractivity contribution in [1.29, 1.82) is 0 Å². The first kappa shape index (κ1) is 10.6. The molecule has 3 heteroatoms. The van der Waals surface area contributed by atoms with Gasteiger partial charge < -0.3 is 4.74 Å². The third-order valence-corrected chi connectivity index (χ3v) is 2.42. The summed E-state index contributed by atoms with van der Waals surface area (Å²) in [5, 5.41) is 0. The lowest BCUT2D eigenvalue weighted by atomic mass is 10.1. The molecule has 2 rings (SSSR count). The number of carbonyl (C=O) groups is 1. The van der Waals surface area contributed by atoms with E-state index in [-0.39, 0.29) is 5.97 Å². The van der Waals surface area contributed by atoms with Gasteiger partial charge in [0.15, 0.2) is 11.6 Å². The van der Waals surface area contributed by atoms with Crippen LogP contribution in [0.1, 0.15) is 25.0 Å². The van der Waals surface area contributed by atoms with Crippen molar-refractivity contribution in [2.45, 2.75) is 20.3 Å². The number of hydrogen-bond donors (Lipinski definition) is 0. The van der Waals surface area contributed by atoms with Crippen molar-refractivity contribution in [3.63, 3.8) is 0 Å². The average molecular weight is 215 g/mol. The van der Waals surface area contributed by atoms with E-state index in [0.717, 1.165) is 12.0 Å².